The molecule has 1 unspecified atom stereocenters. The van der Waals surface area contributed by atoms with Crippen molar-refractivity contribution < 1.29 is 4.48 Å². The first-order valence-corrected chi connectivity index (χ1v) is 13.8. The fraction of sp³-hybridized carbons (Fsp3) is 0.0541. The van der Waals surface area contributed by atoms with Crippen molar-refractivity contribution in [3.05, 3.63) is 174 Å². The van der Waals surface area contributed by atoms with Crippen LogP contribution in [0, 0.1) is 13.8 Å². The van der Waals surface area contributed by atoms with Crippen molar-refractivity contribution in [1.82, 2.24) is 0 Å². The van der Waals surface area contributed by atoms with Crippen LogP contribution in [0.4, 0.5) is 0 Å². The van der Waals surface area contributed by atoms with E-state index in [1.807, 2.05) is 0 Å². The Kier molecular flexibility index (Phi) is 5.56. The zero-order chi connectivity index (χ0) is 26.4. The summed E-state index contributed by atoms with van der Waals surface area (Å²) in [5.74, 6) is 0. The summed E-state index contributed by atoms with van der Waals surface area (Å²) in [7, 11) is 0. The van der Waals surface area contributed by atoms with Crippen molar-refractivity contribution in [3.8, 4) is 0 Å². The van der Waals surface area contributed by atoms with Crippen molar-refractivity contribution in [2.45, 2.75) is 13.8 Å². The molecule has 1 nitrogen and oxygen atoms in total. The Morgan fingerprint density at radius 1 is 0.487 bits per heavy atom. The Bertz CT molecular complexity index is 1850. The van der Waals surface area contributed by atoms with Gasteiger partial charge in [-0.3, -0.25) is 0 Å². The quantitative estimate of drug-likeness (QED) is 0.233. The number of hydrogen-bond donors (Lipinski definition) is 0. The number of fused-ring (bicyclic) bond motifs is 2. The second-order valence-electron chi connectivity index (χ2n) is 10.9. The van der Waals surface area contributed by atoms with E-state index in [1.54, 1.807) is 0 Å². The van der Waals surface area contributed by atoms with Crippen LogP contribution in [0.3, 0.4) is 0 Å². The summed E-state index contributed by atoms with van der Waals surface area (Å²) in [4.78, 5) is 0. The van der Waals surface area contributed by atoms with Crippen molar-refractivity contribution in [1.29, 1.82) is 0 Å². The molecule has 1 aliphatic rings. The number of nitrogens with zero attached hydrogens (tertiary/aromatic N) is 1. The maximum absolute atomic E-state index is 2.56. The highest BCUT2D eigenvalue weighted by Gasteiger charge is 2.51. The summed E-state index contributed by atoms with van der Waals surface area (Å²) >= 11 is 0. The molecule has 5 aromatic carbocycles. The Balaban J connectivity index is 1.68. The molecule has 0 amide bonds. The molecule has 39 heavy (non-hydrogen) atoms. The van der Waals surface area contributed by atoms with Gasteiger partial charge in [0.1, 0.15) is 6.20 Å². The Morgan fingerprint density at radius 2 is 1.08 bits per heavy atom. The van der Waals surface area contributed by atoms with Gasteiger partial charge in [-0.15, -0.1) is 16.4 Å². The zero-order valence-corrected chi connectivity index (χ0v) is 22.4. The van der Waals surface area contributed by atoms with E-state index in [-0.39, 0.29) is 0 Å². The van der Waals surface area contributed by atoms with Crippen LogP contribution in [0.1, 0.15) is 27.9 Å². The highest BCUT2D eigenvalue weighted by atomic mass is 14.9. The van der Waals surface area contributed by atoms with E-state index in [1.165, 1.54) is 60.7 Å². The first-order valence-electron chi connectivity index (χ1n) is 13.8. The van der Waals surface area contributed by atoms with Crippen molar-refractivity contribution in [2.75, 3.05) is 0 Å². The molecule has 0 spiro atoms. The van der Waals surface area contributed by atoms with Crippen LogP contribution in [-0.4, -0.2) is 6.28 Å². The largest absolute Gasteiger partial charge is 0.408 e. The Morgan fingerprint density at radius 3 is 1.82 bits per heavy atom. The SMILES string of the molecule is Cc1ccc(C2=C(c3ccc4ccccc4c3)[B-](c3ccccc3)(c3ccc(C)cc3)[n+]3ccccc32)cc1. The predicted molar refractivity (Wildman–Crippen MR) is 166 cm³/mol. The molecule has 1 aliphatic heterocycles. The minimum atomic E-state index is -1.54. The molecule has 1 atom stereocenters. The number of pyridine rings is 1. The third-order valence-corrected chi connectivity index (χ3v) is 8.49. The van der Waals surface area contributed by atoms with Gasteiger partial charge in [0.05, 0.1) is 0 Å². The summed E-state index contributed by atoms with van der Waals surface area (Å²) in [5, 5.41) is 2.52. The van der Waals surface area contributed by atoms with Gasteiger partial charge in [0.2, 0.25) is 0 Å². The average Bonchev–Trinajstić information content (AvgIpc) is 3.30. The molecule has 186 valence electrons. The predicted octanol–water partition coefficient (Wildman–Crippen LogP) is 6.86. The lowest BCUT2D eigenvalue weighted by molar-refractivity contribution is -0.539. The monoisotopic (exact) mass is 499 g/mol. The van der Waals surface area contributed by atoms with Crippen LogP contribution >= 0.6 is 0 Å². The third kappa shape index (κ3) is 3.67. The average molecular weight is 499 g/mol. The number of rotatable bonds is 4. The number of hydrogen-bond acceptors (Lipinski definition) is 0. The van der Waals surface area contributed by atoms with Crippen LogP contribution < -0.4 is 15.4 Å². The molecule has 0 bridgehead atoms. The van der Waals surface area contributed by atoms with E-state index < -0.39 is 6.28 Å². The highest BCUT2D eigenvalue weighted by molar-refractivity contribution is 7.11. The maximum Gasteiger partial charge on any atom is 0.361 e. The second kappa shape index (κ2) is 9.25. The highest BCUT2D eigenvalue weighted by Crippen LogP contribution is 2.41. The van der Waals surface area contributed by atoms with Crippen molar-refractivity contribution >= 4 is 39.0 Å². The lowest BCUT2D eigenvalue weighted by atomic mass is 9.23. The van der Waals surface area contributed by atoms with Gasteiger partial charge in [-0.1, -0.05) is 138 Å². The molecule has 1 aromatic heterocycles. The lowest BCUT2D eigenvalue weighted by Gasteiger charge is -2.36. The molecule has 0 N–H and O–H groups in total. The van der Waals surface area contributed by atoms with Crippen LogP contribution in [-0.2, 0) is 0 Å². The first kappa shape index (κ1) is 23.4. The standard InChI is InChI=1S/C37H30BN/c1-27-15-19-30(20-16-27)36-35-14-8-9-25-39(35)38(33-12-4-3-5-13-33,34-23-17-28(2)18-24-34)37(36)32-22-21-29-10-6-7-11-31(29)26-32/h3-26H,1-2H3. The van der Waals surface area contributed by atoms with Gasteiger partial charge in [-0.25, -0.2) is 0 Å². The van der Waals surface area contributed by atoms with Gasteiger partial charge in [-0.05, 0) is 42.3 Å². The van der Waals surface area contributed by atoms with E-state index in [9.17, 15) is 0 Å². The summed E-state index contributed by atoms with van der Waals surface area (Å²) < 4.78 is 2.56. The van der Waals surface area contributed by atoms with E-state index >= 15 is 0 Å². The summed E-state index contributed by atoms with van der Waals surface area (Å²) in [6, 6.07) is 51.6. The summed E-state index contributed by atoms with van der Waals surface area (Å²) in [5.41, 5.74) is 11.6. The molecule has 2 heteroatoms. The van der Waals surface area contributed by atoms with E-state index in [0.717, 1.165) is 0 Å². The van der Waals surface area contributed by atoms with Crippen molar-refractivity contribution in [2.24, 2.45) is 0 Å². The number of aromatic nitrogens is 1. The molecule has 0 saturated heterocycles. The summed E-state index contributed by atoms with van der Waals surface area (Å²) in [6.07, 6.45) is 0.744. The molecule has 0 saturated carbocycles. The van der Waals surface area contributed by atoms with Gasteiger partial charge in [-0.2, -0.15) is 0 Å². The normalized spacial score (nSPS) is 16.5. The Labute approximate surface area is 230 Å². The van der Waals surface area contributed by atoms with E-state index in [0.29, 0.717) is 0 Å². The maximum atomic E-state index is 2.56. The van der Waals surface area contributed by atoms with Gasteiger partial charge in [0, 0.05) is 11.6 Å². The molecule has 7 rings (SSSR count). The summed E-state index contributed by atoms with van der Waals surface area (Å²) in [6.45, 7) is 4.32. The van der Waals surface area contributed by atoms with Crippen molar-refractivity contribution in [3.63, 3.8) is 0 Å². The third-order valence-electron chi connectivity index (χ3n) is 8.49. The minimum absolute atomic E-state index is 1.24. The van der Waals surface area contributed by atoms with Gasteiger partial charge < -0.3 is 4.48 Å². The topological polar surface area (TPSA) is 3.88 Å². The molecule has 6 aromatic rings. The molecule has 0 fully saturated rings. The fourth-order valence-electron chi connectivity index (χ4n) is 6.68. The van der Waals surface area contributed by atoms with Gasteiger partial charge >= 0.3 is 6.28 Å². The Hall–Kier alpha value is -4.69. The number of aryl methyl sites for hydroxylation is 2. The molecular weight excluding hydrogens is 469 g/mol. The van der Waals surface area contributed by atoms with Crippen LogP contribution in [0.15, 0.2) is 146 Å². The molecule has 0 radical (unpaired) electrons. The minimum Gasteiger partial charge on any atom is -0.408 e. The first-order chi connectivity index (χ1) is 19.2. The zero-order valence-electron chi connectivity index (χ0n) is 22.4. The van der Waals surface area contributed by atoms with E-state index in [4.69, 9.17) is 0 Å². The van der Waals surface area contributed by atoms with Crippen LogP contribution in [0.25, 0.3) is 21.8 Å². The molecule has 2 heterocycles. The lowest BCUT2D eigenvalue weighted by Crippen LogP contribution is -2.78. The fourth-order valence-corrected chi connectivity index (χ4v) is 6.68. The number of benzene rings is 5. The molecule has 0 aliphatic carbocycles. The molecular formula is C37H30BN. The second-order valence-corrected chi connectivity index (χ2v) is 10.9. The van der Waals surface area contributed by atoms with Gasteiger partial charge in [0.25, 0.3) is 0 Å². The smallest absolute Gasteiger partial charge is 0.361 e. The van der Waals surface area contributed by atoms with Gasteiger partial charge in [0.15, 0.2) is 5.69 Å². The van der Waals surface area contributed by atoms with Crippen LogP contribution in [0.5, 0.6) is 0 Å². The van der Waals surface area contributed by atoms with Crippen LogP contribution in [0.2, 0.25) is 0 Å². The van der Waals surface area contributed by atoms with E-state index in [2.05, 4.69) is 164 Å².